The molecule has 3 aliphatic rings. The van der Waals surface area contributed by atoms with Gasteiger partial charge in [0.25, 0.3) is 5.91 Å². The van der Waals surface area contributed by atoms with Crippen molar-refractivity contribution in [3.63, 3.8) is 0 Å². The van der Waals surface area contributed by atoms with Crippen LogP contribution in [0.3, 0.4) is 0 Å². The van der Waals surface area contributed by atoms with Crippen LogP contribution in [0.1, 0.15) is 93.6 Å². The lowest BCUT2D eigenvalue weighted by Gasteiger charge is -2.36. The number of benzene rings is 3. The largest absolute Gasteiger partial charge is 0.385 e. The molecule has 0 aliphatic carbocycles. The first-order chi connectivity index (χ1) is 31.0. The predicted molar refractivity (Wildman–Crippen MR) is 249 cm³/mol. The van der Waals surface area contributed by atoms with Gasteiger partial charge in [0.2, 0.25) is 39.6 Å². The molecular formula is C47H58N10O7S. The van der Waals surface area contributed by atoms with Crippen LogP contribution in [0.4, 0.5) is 34.5 Å². The number of sulfonamides is 1. The van der Waals surface area contributed by atoms with E-state index >= 15 is 0 Å². The number of carbonyl (C=O) groups is 5. The van der Waals surface area contributed by atoms with Gasteiger partial charge in [-0.3, -0.25) is 34.2 Å². The monoisotopic (exact) mass is 906 g/mol. The fourth-order valence-corrected chi connectivity index (χ4v) is 9.71. The Labute approximate surface area is 380 Å². The SMILES string of the molecule is Cc1cnc(Nc2ccc(N3CCN(C(=O)CCCCCCCNc4cccc5c4CC(=O)N(C4CCC(=O)NC4=O)C5=O)CC3)cc2)nc1Nc1cccc(S(=O)(=O)NC(C)(C)C)c1. The molecular weight excluding hydrogens is 849 g/mol. The molecule has 1 unspecified atom stereocenters. The maximum atomic E-state index is 13.3. The van der Waals surface area contributed by atoms with Gasteiger partial charge in [0.05, 0.1) is 11.3 Å². The van der Waals surface area contributed by atoms with Crippen LogP contribution in [0.25, 0.3) is 0 Å². The van der Waals surface area contributed by atoms with Crippen LogP contribution in [0, 0.1) is 6.92 Å². The Bertz CT molecular complexity index is 2540. The van der Waals surface area contributed by atoms with Crippen molar-refractivity contribution in [1.82, 2.24) is 29.8 Å². The van der Waals surface area contributed by atoms with Crippen molar-refractivity contribution in [3.8, 4) is 0 Å². The quantitative estimate of drug-likeness (QED) is 0.0629. The van der Waals surface area contributed by atoms with Crippen LogP contribution in [-0.4, -0.2) is 102 Å². The van der Waals surface area contributed by atoms with E-state index in [1.165, 1.54) is 0 Å². The lowest BCUT2D eigenvalue weighted by atomic mass is 9.93. The Kier molecular flexibility index (Phi) is 14.5. The maximum Gasteiger partial charge on any atom is 0.261 e. The van der Waals surface area contributed by atoms with Gasteiger partial charge in [-0.05, 0) is 107 Å². The van der Waals surface area contributed by atoms with Crippen molar-refractivity contribution < 1.29 is 32.4 Å². The smallest absolute Gasteiger partial charge is 0.261 e. The summed E-state index contributed by atoms with van der Waals surface area (Å²) in [6.07, 6.45) is 7.07. The fraction of sp³-hybridized carbons (Fsp3) is 0.426. The summed E-state index contributed by atoms with van der Waals surface area (Å²) in [5.74, 6) is -0.869. The van der Waals surface area contributed by atoms with Gasteiger partial charge in [-0.25, -0.2) is 18.1 Å². The second-order valence-electron chi connectivity index (χ2n) is 17.8. The van der Waals surface area contributed by atoms with E-state index in [1.807, 2.05) is 42.2 Å². The topological polar surface area (TPSA) is 215 Å². The van der Waals surface area contributed by atoms with Gasteiger partial charge in [0.15, 0.2) is 0 Å². The lowest BCUT2D eigenvalue weighted by molar-refractivity contribution is -0.143. The van der Waals surface area contributed by atoms with Gasteiger partial charge in [-0.2, -0.15) is 4.98 Å². The first kappa shape index (κ1) is 46.6. The highest BCUT2D eigenvalue weighted by Crippen LogP contribution is 2.30. The number of unbranched alkanes of at least 4 members (excludes halogenated alkanes) is 4. The first-order valence-electron chi connectivity index (χ1n) is 22.2. The predicted octanol–water partition coefficient (Wildman–Crippen LogP) is 5.78. The summed E-state index contributed by atoms with van der Waals surface area (Å²) in [7, 11) is -3.71. The summed E-state index contributed by atoms with van der Waals surface area (Å²) >= 11 is 0. The minimum atomic E-state index is -3.71. The van der Waals surface area contributed by atoms with E-state index in [0.717, 1.165) is 72.7 Å². The van der Waals surface area contributed by atoms with Crippen LogP contribution in [0.15, 0.2) is 77.8 Å². The second-order valence-corrected chi connectivity index (χ2v) is 19.4. The van der Waals surface area contributed by atoms with Crippen molar-refractivity contribution in [2.45, 2.75) is 102 Å². The molecule has 1 aromatic heterocycles. The van der Waals surface area contributed by atoms with Gasteiger partial charge in [-0.15, -0.1) is 0 Å². The summed E-state index contributed by atoms with van der Waals surface area (Å²) < 4.78 is 28.5. The Morgan fingerprint density at radius 1 is 0.862 bits per heavy atom. The van der Waals surface area contributed by atoms with Gasteiger partial charge in [0, 0.05) is 91.2 Å². The number of rotatable bonds is 17. The van der Waals surface area contributed by atoms with E-state index in [9.17, 15) is 32.4 Å². The Balaban J connectivity index is 0.794. The highest BCUT2D eigenvalue weighted by molar-refractivity contribution is 7.89. The molecule has 5 N–H and O–H groups in total. The van der Waals surface area contributed by atoms with Gasteiger partial charge < -0.3 is 25.8 Å². The van der Waals surface area contributed by atoms with Crippen LogP contribution < -0.4 is 30.9 Å². The number of aryl methyl sites for hydroxylation is 1. The standard InChI is InChI=1S/C47H58N10O7S/c1-31-30-49-46(53-43(31)50-33-12-10-13-35(28-33)65(63,64)54-47(2,3)4)51-32-17-19-34(20-18-32)55-24-26-56(27-25-55)41(59)16-8-6-5-7-9-23-48-38-15-11-14-36-37(38)29-42(60)57(45(36)62)39-21-22-40(58)52-44(39)61/h10-15,17-20,28,30,39,48,54H,5-9,16,21-27,29H2,1-4H3,(H,52,58,61)(H2,49,50,51,53). The number of imide groups is 2. The number of hydrogen-bond donors (Lipinski definition) is 5. The van der Waals surface area contributed by atoms with Gasteiger partial charge in [0.1, 0.15) is 11.9 Å². The zero-order valence-electron chi connectivity index (χ0n) is 37.4. The highest BCUT2D eigenvalue weighted by atomic mass is 32.2. The third-order valence-corrected chi connectivity index (χ3v) is 13.3. The van der Waals surface area contributed by atoms with Crippen LogP contribution in [0.5, 0.6) is 0 Å². The van der Waals surface area contributed by atoms with E-state index in [1.54, 1.807) is 63.4 Å². The van der Waals surface area contributed by atoms with Crippen molar-refractivity contribution in [1.29, 1.82) is 0 Å². The average molecular weight is 907 g/mol. The third-order valence-electron chi connectivity index (χ3n) is 11.6. The van der Waals surface area contributed by atoms with Crippen LogP contribution in [-0.2, 0) is 35.6 Å². The summed E-state index contributed by atoms with van der Waals surface area (Å²) in [6.45, 7) is 10.7. The highest BCUT2D eigenvalue weighted by Gasteiger charge is 2.42. The number of piperidine rings is 1. The molecule has 3 aromatic carbocycles. The van der Waals surface area contributed by atoms with Crippen LogP contribution >= 0.6 is 0 Å². The summed E-state index contributed by atoms with van der Waals surface area (Å²) in [6, 6.07) is 18.9. The molecule has 18 heteroatoms. The molecule has 5 amide bonds. The second kappa shape index (κ2) is 20.2. The van der Waals surface area contributed by atoms with Gasteiger partial charge in [-0.1, -0.05) is 31.4 Å². The number of carbonyl (C=O) groups excluding carboxylic acids is 5. The summed E-state index contributed by atoms with van der Waals surface area (Å²) in [5, 5.41) is 12.1. The molecule has 4 heterocycles. The molecule has 3 aliphatic heterocycles. The molecule has 7 rings (SSSR count). The minimum absolute atomic E-state index is 0.00302. The Morgan fingerprint density at radius 3 is 2.32 bits per heavy atom. The number of anilines is 6. The number of nitrogens with zero attached hydrogens (tertiary/aromatic N) is 5. The molecule has 0 spiro atoms. The zero-order chi connectivity index (χ0) is 46.3. The molecule has 17 nitrogen and oxygen atoms in total. The third kappa shape index (κ3) is 11.8. The molecule has 0 radical (unpaired) electrons. The lowest BCUT2D eigenvalue weighted by Crippen LogP contribution is -2.58. The molecule has 2 fully saturated rings. The maximum absolute atomic E-state index is 13.3. The summed E-state index contributed by atoms with van der Waals surface area (Å²) in [4.78, 5) is 77.9. The number of nitrogens with one attached hydrogen (secondary N) is 5. The van der Waals surface area contributed by atoms with Crippen molar-refractivity contribution in [2.24, 2.45) is 0 Å². The average Bonchev–Trinajstić information content (AvgIpc) is 3.26. The number of fused-ring (bicyclic) bond motifs is 1. The minimum Gasteiger partial charge on any atom is -0.385 e. The molecule has 4 aromatic rings. The molecule has 0 bridgehead atoms. The molecule has 2 saturated heterocycles. The van der Waals surface area contributed by atoms with Crippen molar-refractivity contribution in [3.05, 3.63) is 89.6 Å². The number of hydrogen-bond acceptors (Lipinski definition) is 13. The van der Waals surface area contributed by atoms with Crippen molar-refractivity contribution >= 4 is 74.1 Å². The number of aromatic nitrogens is 2. The fourth-order valence-electron chi connectivity index (χ4n) is 8.25. The molecule has 1 atom stereocenters. The molecule has 0 saturated carbocycles. The van der Waals surface area contributed by atoms with E-state index < -0.39 is 45.2 Å². The number of amides is 5. The number of piperazine rings is 1. The molecule has 344 valence electrons. The Hall–Kier alpha value is -6.40. The normalized spacial score (nSPS) is 16.9. The van der Waals surface area contributed by atoms with Gasteiger partial charge >= 0.3 is 0 Å². The molecule has 65 heavy (non-hydrogen) atoms. The van der Waals surface area contributed by atoms with E-state index in [0.29, 0.717) is 54.6 Å². The van der Waals surface area contributed by atoms with Crippen LogP contribution in [0.2, 0.25) is 0 Å². The van der Waals surface area contributed by atoms with E-state index in [2.05, 4.69) is 40.9 Å². The summed E-state index contributed by atoms with van der Waals surface area (Å²) in [5.41, 5.74) is 4.37. The first-order valence-corrected chi connectivity index (χ1v) is 23.7. The van der Waals surface area contributed by atoms with Crippen molar-refractivity contribution in [2.75, 3.05) is 53.6 Å². The van der Waals surface area contributed by atoms with E-state index in [-0.39, 0.29) is 30.1 Å². The zero-order valence-corrected chi connectivity index (χ0v) is 38.2. The Morgan fingerprint density at radius 2 is 1.58 bits per heavy atom. The van der Waals surface area contributed by atoms with E-state index in [4.69, 9.17) is 0 Å².